The van der Waals surface area contributed by atoms with Crippen LogP contribution in [0.3, 0.4) is 0 Å². The minimum absolute atomic E-state index is 0. The monoisotopic (exact) mass is 262 g/mol. The summed E-state index contributed by atoms with van der Waals surface area (Å²) >= 11 is 0. The van der Waals surface area contributed by atoms with Gasteiger partial charge in [-0.15, -0.1) is 12.4 Å². The number of rotatable bonds is 1. The van der Waals surface area contributed by atoms with Gasteiger partial charge in [0.1, 0.15) is 0 Å². The highest BCUT2D eigenvalue weighted by Crippen LogP contribution is 2.21. The van der Waals surface area contributed by atoms with E-state index in [1.807, 2.05) is 4.90 Å². The first-order chi connectivity index (χ1) is 7.58. The van der Waals surface area contributed by atoms with Gasteiger partial charge in [0.25, 0.3) is 0 Å². The Morgan fingerprint density at radius 3 is 2.59 bits per heavy atom. The molecule has 1 amide bonds. The van der Waals surface area contributed by atoms with E-state index in [2.05, 4.69) is 19.2 Å². The fourth-order valence-corrected chi connectivity index (χ4v) is 2.53. The average Bonchev–Trinajstić information content (AvgIpc) is 2.28. The number of amides is 1. The molecule has 0 aliphatic carbocycles. The molecular formula is C12H23ClN2O2. The second kappa shape index (κ2) is 6.03. The van der Waals surface area contributed by atoms with Crippen LogP contribution in [-0.4, -0.2) is 49.2 Å². The van der Waals surface area contributed by atoms with E-state index >= 15 is 0 Å². The van der Waals surface area contributed by atoms with Crippen molar-refractivity contribution in [1.29, 1.82) is 0 Å². The number of piperidine rings is 1. The number of morpholine rings is 1. The van der Waals surface area contributed by atoms with Crippen molar-refractivity contribution in [2.24, 2.45) is 5.92 Å². The number of nitrogens with one attached hydrogen (secondary N) is 1. The number of nitrogens with zero attached hydrogens (tertiary/aromatic N) is 1. The molecule has 2 rings (SSSR count). The van der Waals surface area contributed by atoms with Gasteiger partial charge in [-0.05, 0) is 39.8 Å². The molecule has 2 aliphatic rings. The standard InChI is InChI=1S/C12H22N2O2.ClH/c1-12(2)9-14(7-8-16-12)11(15)10-3-5-13-6-4-10;/h10,13H,3-9H2,1-2H3;1H. The van der Waals surface area contributed by atoms with Gasteiger partial charge in [0, 0.05) is 19.0 Å². The Labute approximate surface area is 109 Å². The molecule has 1 N–H and O–H groups in total. The van der Waals surface area contributed by atoms with E-state index in [-0.39, 0.29) is 23.9 Å². The lowest BCUT2D eigenvalue weighted by atomic mass is 9.95. The molecule has 0 aromatic carbocycles. The third-order valence-electron chi connectivity index (χ3n) is 3.43. The molecule has 17 heavy (non-hydrogen) atoms. The minimum Gasteiger partial charge on any atom is -0.372 e. The predicted molar refractivity (Wildman–Crippen MR) is 69.5 cm³/mol. The van der Waals surface area contributed by atoms with E-state index in [9.17, 15) is 4.79 Å². The Kier molecular flexibility index (Phi) is 5.22. The summed E-state index contributed by atoms with van der Waals surface area (Å²) in [7, 11) is 0. The van der Waals surface area contributed by atoms with Crippen molar-refractivity contribution >= 4 is 18.3 Å². The molecule has 2 fully saturated rings. The quantitative estimate of drug-likeness (QED) is 0.768. The number of ether oxygens (including phenoxy) is 1. The zero-order valence-electron chi connectivity index (χ0n) is 10.7. The normalized spacial score (nSPS) is 25.2. The molecule has 0 spiro atoms. The average molecular weight is 263 g/mol. The summed E-state index contributed by atoms with van der Waals surface area (Å²) in [5.74, 6) is 0.563. The molecule has 5 heteroatoms. The summed E-state index contributed by atoms with van der Waals surface area (Å²) in [6, 6.07) is 0. The molecule has 0 radical (unpaired) electrons. The molecule has 4 nitrogen and oxygen atoms in total. The molecule has 0 saturated carbocycles. The van der Waals surface area contributed by atoms with Gasteiger partial charge in [0.15, 0.2) is 0 Å². The fourth-order valence-electron chi connectivity index (χ4n) is 2.53. The van der Waals surface area contributed by atoms with E-state index < -0.39 is 0 Å². The number of halogens is 1. The molecule has 0 unspecified atom stereocenters. The molecule has 0 aromatic rings. The van der Waals surface area contributed by atoms with Crippen LogP contribution in [0.25, 0.3) is 0 Å². The first-order valence-electron chi connectivity index (χ1n) is 6.22. The lowest BCUT2D eigenvalue weighted by Crippen LogP contribution is -2.53. The van der Waals surface area contributed by atoms with Gasteiger partial charge >= 0.3 is 0 Å². The van der Waals surface area contributed by atoms with Crippen LogP contribution >= 0.6 is 12.4 Å². The van der Waals surface area contributed by atoms with E-state index in [1.54, 1.807) is 0 Å². The van der Waals surface area contributed by atoms with Gasteiger partial charge in [0.2, 0.25) is 5.91 Å². The van der Waals surface area contributed by atoms with Gasteiger partial charge in [-0.2, -0.15) is 0 Å². The molecule has 0 bridgehead atoms. The summed E-state index contributed by atoms with van der Waals surface area (Å²) in [5.41, 5.74) is -0.180. The summed E-state index contributed by atoms with van der Waals surface area (Å²) in [6.45, 7) is 8.21. The van der Waals surface area contributed by atoms with Crippen LogP contribution in [0.2, 0.25) is 0 Å². The minimum atomic E-state index is -0.180. The lowest BCUT2D eigenvalue weighted by molar-refractivity contribution is -0.150. The van der Waals surface area contributed by atoms with E-state index in [0.29, 0.717) is 12.5 Å². The second-order valence-electron chi connectivity index (χ2n) is 5.39. The Morgan fingerprint density at radius 2 is 2.00 bits per heavy atom. The maximum atomic E-state index is 12.3. The SMILES string of the molecule is CC1(C)CN(C(=O)C2CCNCC2)CCO1.Cl. The number of carbonyl (C=O) groups excluding carboxylic acids is 1. The maximum Gasteiger partial charge on any atom is 0.225 e. The third kappa shape index (κ3) is 3.83. The van der Waals surface area contributed by atoms with Crippen molar-refractivity contribution in [3.8, 4) is 0 Å². The van der Waals surface area contributed by atoms with Crippen molar-refractivity contribution in [2.45, 2.75) is 32.3 Å². The van der Waals surface area contributed by atoms with Crippen molar-refractivity contribution < 1.29 is 9.53 Å². The molecule has 2 heterocycles. The van der Waals surface area contributed by atoms with Crippen LogP contribution < -0.4 is 5.32 Å². The van der Waals surface area contributed by atoms with Crippen molar-refractivity contribution in [3.63, 3.8) is 0 Å². The Balaban J connectivity index is 0.00000144. The summed E-state index contributed by atoms with van der Waals surface area (Å²) in [6.07, 6.45) is 1.97. The van der Waals surface area contributed by atoms with Gasteiger partial charge in [-0.1, -0.05) is 0 Å². The number of carbonyl (C=O) groups is 1. The van der Waals surface area contributed by atoms with E-state index in [0.717, 1.165) is 39.0 Å². The van der Waals surface area contributed by atoms with Crippen LogP contribution in [0.1, 0.15) is 26.7 Å². The molecule has 2 aliphatic heterocycles. The smallest absolute Gasteiger partial charge is 0.225 e. The summed E-state index contributed by atoms with van der Waals surface area (Å²) in [4.78, 5) is 14.3. The zero-order valence-corrected chi connectivity index (χ0v) is 11.5. The second-order valence-corrected chi connectivity index (χ2v) is 5.39. The van der Waals surface area contributed by atoms with Crippen molar-refractivity contribution in [2.75, 3.05) is 32.8 Å². The third-order valence-corrected chi connectivity index (χ3v) is 3.43. The molecule has 0 atom stereocenters. The summed E-state index contributed by atoms with van der Waals surface area (Å²) in [5, 5.41) is 3.29. The Bertz CT molecular complexity index is 265. The maximum absolute atomic E-state index is 12.3. The van der Waals surface area contributed by atoms with Crippen LogP contribution in [0.4, 0.5) is 0 Å². The zero-order chi connectivity index (χ0) is 11.6. The first-order valence-corrected chi connectivity index (χ1v) is 6.22. The van der Waals surface area contributed by atoms with Crippen LogP contribution in [0.15, 0.2) is 0 Å². The topological polar surface area (TPSA) is 41.6 Å². The molecule has 2 saturated heterocycles. The molecule has 0 aromatic heterocycles. The largest absolute Gasteiger partial charge is 0.372 e. The van der Waals surface area contributed by atoms with E-state index in [4.69, 9.17) is 4.74 Å². The van der Waals surface area contributed by atoms with Gasteiger partial charge in [0.05, 0.1) is 12.2 Å². The molecular weight excluding hydrogens is 240 g/mol. The Morgan fingerprint density at radius 1 is 1.35 bits per heavy atom. The van der Waals surface area contributed by atoms with Gasteiger partial charge < -0.3 is 15.0 Å². The van der Waals surface area contributed by atoms with Crippen LogP contribution in [0, 0.1) is 5.92 Å². The number of hydrogen-bond acceptors (Lipinski definition) is 3. The highest BCUT2D eigenvalue weighted by molar-refractivity contribution is 5.85. The summed E-state index contributed by atoms with van der Waals surface area (Å²) < 4.78 is 5.63. The van der Waals surface area contributed by atoms with Crippen molar-refractivity contribution in [3.05, 3.63) is 0 Å². The fraction of sp³-hybridized carbons (Fsp3) is 0.917. The van der Waals surface area contributed by atoms with Crippen molar-refractivity contribution in [1.82, 2.24) is 10.2 Å². The van der Waals surface area contributed by atoms with Gasteiger partial charge in [-0.3, -0.25) is 4.79 Å². The predicted octanol–water partition coefficient (Wildman–Crippen LogP) is 1.05. The highest BCUT2D eigenvalue weighted by atomic mass is 35.5. The van der Waals surface area contributed by atoms with Gasteiger partial charge in [-0.25, -0.2) is 0 Å². The van der Waals surface area contributed by atoms with Crippen LogP contribution in [-0.2, 0) is 9.53 Å². The number of hydrogen-bond donors (Lipinski definition) is 1. The van der Waals surface area contributed by atoms with Crippen LogP contribution in [0.5, 0.6) is 0 Å². The highest BCUT2D eigenvalue weighted by Gasteiger charge is 2.33. The lowest BCUT2D eigenvalue weighted by Gasteiger charge is -2.40. The van der Waals surface area contributed by atoms with E-state index in [1.165, 1.54) is 0 Å². The first kappa shape index (κ1) is 14.7. The molecule has 100 valence electrons. The Hall–Kier alpha value is -0.320.